The van der Waals surface area contributed by atoms with E-state index in [0.29, 0.717) is 51.6 Å². The van der Waals surface area contributed by atoms with Gasteiger partial charge in [0.25, 0.3) is 0 Å². The largest absolute Gasteiger partial charge is 0.468 e. The number of alkyl halides is 4. The highest BCUT2D eigenvalue weighted by atomic mass is 32.1. The third-order valence-corrected chi connectivity index (χ3v) is 8.05. The van der Waals surface area contributed by atoms with E-state index in [4.69, 9.17) is 4.74 Å². The van der Waals surface area contributed by atoms with Crippen LogP contribution in [0.5, 0.6) is 5.88 Å². The molecular formula is C26H33F4N3O2S. The highest BCUT2D eigenvalue weighted by Gasteiger charge is 2.36. The van der Waals surface area contributed by atoms with Gasteiger partial charge in [0.2, 0.25) is 5.88 Å². The van der Waals surface area contributed by atoms with Gasteiger partial charge in [-0.1, -0.05) is 6.07 Å². The molecule has 0 aromatic carbocycles. The van der Waals surface area contributed by atoms with Crippen LogP contribution in [0.2, 0.25) is 0 Å². The van der Waals surface area contributed by atoms with E-state index in [1.165, 1.54) is 6.07 Å². The van der Waals surface area contributed by atoms with Crippen LogP contribution < -0.4 is 4.74 Å². The van der Waals surface area contributed by atoms with Crippen molar-refractivity contribution in [2.75, 3.05) is 26.2 Å². The number of hydrogen-bond acceptors (Lipinski definition) is 6. The van der Waals surface area contributed by atoms with E-state index in [1.54, 1.807) is 17.4 Å². The number of rotatable bonds is 9. The summed E-state index contributed by atoms with van der Waals surface area (Å²) in [4.78, 5) is 23.3. The van der Waals surface area contributed by atoms with Crippen molar-refractivity contribution in [1.82, 2.24) is 14.9 Å². The Labute approximate surface area is 213 Å². The van der Waals surface area contributed by atoms with E-state index in [2.05, 4.69) is 14.9 Å². The maximum Gasteiger partial charge on any atom is 0.422 e. The van der Waals surface area contributed by atoms with Gasteiger partial charge in [0.05, 0.1) is 10.7 Å². The number of ketones is 1. The first-order chi connectivity index (χ1) is 17.1. The van der Waals surface area contributed by atoms with Crippen molar-refractivity contribution in [1.29, 1.82) is 0 Å². The number of carbonyl (C=O) groups excluding carboxylic acids is 1. The zero-order valence-electron chi connectivity index (χ0n) is 20.6. The molecule has 2 aliphatic rings. The molecule has 10 heteroatoms. The van der Waals surface area contributed by atoms with Crippen molar-refractivity contribution < 1.29 is 27.1 Å². The van der Waals surface area contributed by atoms with Crippen molar-refractivity contribution in [3.63, 3.8) is 0 Å². The number of hydrogen-bond donors (Lipinski definition) is 0. The summed E-state index contributed by atoms with van der Waals surface area (Å²) in [6.07, 6.45) is 0.667. The number of fused-ring (bicyclic) bond motifs is 1. The standard InChI is InChI=1S/C26H33F4N3O2S/c1-18-31-21(16-36-18)15-22(34)14-19-4-8-25(27,9-5-19)10-13-33-11-6-20-2-3-24(32-23(20)7-12-33)35-17-26(28,29)30/h2-3,16,19H,4-15,17H2,1H3. The lowest BCUT2D eigenvalue weighted by atomic mass is 9.76. The van der Waals surface area contributed by atoms with Gasteiger partial charge in [0, 0.05) is 56.0 Å². The molecule has 36 heavy (non-hydrogen) atoms. The highest BCUT2D eigenvalue weighted by Crippen LogP contribution is 2.39. The first kappa shape index (κ1) is 27.0. The Bertz CT molecular complexity index is 1030. The summed E-state index contributed by atoms with van der Waals surface area (Å²) < 4.78 is 57.6. The smallest absolute Gasteiger partial charge is 0.422 e. The molecule has 1 fully saturated rings. The number of ether oxygens (including phenoxy) is 1. The fraction of sp³-hybridized carbons (Fsp3) is 0.654. The van der Waals surface area contributed by atoms with Crippen LogP contribution in [0.4, 0.5) is 17.6 Å². The molecule has 0 N–H and O–H groups in total. The molecule has 0 unspecified atom stereocenters. The van der Waals surface area contributed by atoms with Gasteiger partial charge in [0.15, 0.2) is 6.61 Å². The van der Waals surface area contributed by atoms with E-state index in [9.17, 15) is 18.0 Å². The van der Waals surface area contributed by atoms with E-state index >= 15 is 4.39 Å². The number of thiazole rings is 1. The molecule has 3 heterocycles. The molecule has 0 bridgehead atoms. The third-order valence-electron chi connectivity index (χ3n) is 7.23. The van der Waals surface area contributed by atoms with Crippen LogP contribution in [0.25, 0.3) is 0 Å². The number of pyridine rings is 1. The summed E-state index contributed by atoms with van der Waals surface area (Å²) in [6.45, 7) is 2.65. The summed E-state index contributed by atoms with van der Waals surface area (Å²) in [6, 6.07) is 3.27. The second-order valence-electron chi connectivity index (χ2n) is 10.1. The normalized spacial score (nSPS) is 23.2. The molecule has 0 atom stereocenters. The van der Waals surface area contributed by atoms with Gasteiger partial charge in [-0.2, -0.15) is 13.2 Å². The summed E-state index contributed by atoms with van der Waals surface area (Å²) in [7, 11) is 0. The second kappa shape index (κ2) is 11.5. The SMILES string of the molecule is Cc1nc(CC(=O)CC2CCC(F)(CCN3CCc4ccc(OCC(F)(F)F)nc4CC3)CC2)cs1. The van der Waals surface area contributed by atoms with Gasteiger partial charge in [0.1, 0.15) is 11.5 Å². The predicted molar refractivity (Wildman–Crippen MR) is 130 cm³/mol. The third kappa shape index (κ3) is 7.96. The molecule has 1 saturated carbocycles. The highest BCUT2D eigenvalue weighted by molar-refractivity contribution is 7.09. The van der Waals surface area contributed by atoms with Gasteiger partial charge in [-0.3, -0.25) is 4.79 Å². The number of nitrogens with zero attached hydrogens (tertiary/aromatic N) is 3. The number of aryl methyl sites for hydroxylation is 1. The van der Waals surface area contributed by atoms with Crippen molar-refractivity contribution >= 4 is 17.1 Å². The summed E-state index contributed by atoms with van der Waals surface area (Å²) in [5, 5.41) is 2.89. The van der Waals surface area contributed by atoms with Crippen LogP contribution in [0.15, 0.2) is 17.5 Å². The Balaban J connectivity index is 1.19. The quantitative estimate of drug-likeness (QED) is 0.393. The molecule has 1 aliphatic carbocycles. The minimum atomic E-state index is -4.40. The van der Waals surface area contributed by atoms with E-state index < -0.39 is 18.5 Å². The zero-order valence-corrected chi connectivity index (χ0v) is 21.4. The van der Waals surface area contributed by atoms with Gasteiger partial charge in [-0.05, 0) is 56.9 Å². The fourth-order valence-corrected chi connectivity index (χ4v) is 5.77. The Hall–Kier alpha value is -2.07. The van der Waals surface area contributed by atoms with Crippen LogP contribution in [0, 0.1) is 12.8 Å². The van der Waals surface area contributed by atoms with Gasteiger partial charge in [-0.15, -0.1) is 11.3 Å². The second-order valence-corrected chi connectivity index (χ2v) is 11.2. The topological polar surface area (TPSA) is 55.3 Å². The van der Waals surface area contributed by atoms with Gasteiger partial charge < -0.3 is 9.64 Å². The molecule has 0 spiro atoms. The molecule has 0 amide bonds. The molecule has 0 saturated heterocycles. The van der Waals surface area contributed by atoms with E-state index in [0.717, 1.165) is 47.8 Å². The molecule has 2 aromatic rings. The molecule has 4 rings (SSSR count). The van der Waals surface area contributed by atoms with Crippen LogP contribution in [-0.4, -0.2) is 58.7 Å². The monoisotopic (exact) mass is 527 g/mol. The zero-order chi connectivity index (χ0) is 25.8. The fourth-order valence-electron chi connectivity index (χ4n) is 5.16. The Kier molecular flexibility index (Phi) is 8.65. The van der Waals surface area contributed by atoms with Crippen molar-refractivity contribution in [3.05, 3.63) is 39.5 Å². The lowest BCUT2D eigenvalue weighted by Crippen LogP contribution is -2.36. The van der Waals surface area contributed by atoms with Crippen LogP contribution in [0.3, 0.4) is 0 Å². The van der Waals surface area contributed by atoms with Crippen LogP contribution >= 0.6 is 11.3 Å². The number of Topliss-reactive ketones (excluding diaryl/α,β-unsaturated/α-hetero) is 1. The van der Waals surface area contributed by atoms with Crippen LogP contribution in [-0.2, 0) is 24.1 Å². The Morgan fingerprint density at radius 3 is 2.64 bits per heavy atom. The first-order valence-electron chi connectivity index (χ1n) is 12.6. The van der Waals surface area contributed by atoms with E-state index in [-0.39, 0.29) is 17.6 Å². The summed E-state index contributed by atoms with van der Waals surface area (Å²) in [5.41, 5.74) is 1.38. The maximum atomic E-state index is 15.5. The first-order valence-corrected chi connectivity index (χ1v) is 13.5. The van der Waals surface area contributed by atoms with Crippen molar-refractivity contribution in [2.24, 2.45) is 5.92 Å². The molecule has 198 valence electrons. The van der Waals surface area contributed by atoms with Gasteiger partial charge in [-0.25, -0.2) is 14.4 Å². The summed E-state index contributed by atoms with van der Waals surface area (Å²) >= 11 is 1.55. The molecule has 1 aliphatic heterocycles. The number of carbonyl (C=O) groups is 1. The maximum absolute atomic E-state index is 15.5. The van der Waals surface area contributed by atoms with Gasteiger partial charge >= 0.3 is 6.18 Å². The average molecular weight is 528 g/mol. The number of aromatic nitrogens is 2. The Morgan fingerprint density at radius 2 is 1.94 bits per heavy atom. The minimum Gasteiger partial charge on any atom is -0.468 e. The lowest BCUT2D eigenvalue weighted by Gasteiger charge is -2.35. The molecular weight excluding hydrogens is 494 g/mol. The lowest BCUT2D eigenvalue weighted by molar-refractivity contribution is -0.154. The Morgan fingerprint density at radius 1 is 1.19 bits per heavy atom. The summed E-state index contributed by atoms with van der Waals surface area (Å²) in [5.74, 6) is 0.411. The molecule has 0 radical (unpaired) electrons. The average Bonchev–Trinajstić information content (AvgIpc) is 3.11. The number of halogens is 4. The van der Waals surface area contributed by atoms with E-state index in [1.807, 2.05) is 12.3 Å². The predicted octanol–water partition coefficient (Wildman–Crippen LogP) is 5.68. The van der Waals surface area contributed by atoms with Crippen molar-refractivity contribution in [3.8, 4) is 5.88 Å². The minimum absolute atomic E-state index is 0.0147. The van der Waals surface area contributed by atoms with Crippen molar-refractivity contribution in [2.45, 2.75) is 76.6 Å². The molecule has 2 aromatic heterocycles. The van der Waals surface area contributed by atoms with Crippen LogP contribution in [0.1, 0.15) is 60.5 Å². The molecule has 5 nitrogen and oxygen atoms in total.